The van der Waals surface area contributed by atoms with Gasteiger partial charge in [0.25, 0.3) is 0 Å². The Labute approximate surface area is 329 Å². The Kier molecular flexibility index (Phi) is 40.3. The molecule has 6 heteroatoms. The number of rotatable bonds is 42. The SMILES string of the molecule is CCCCCCCCCCCCCCCCCCCCC(=O)OC[C@@H](COC(=O)CCCCCCCCCCC(C)CC)OC(=O)CCCCCCC. The highest BCUT2D eigenvalue weighted by molar-refractivity contribution is 5.71. The van der Waals surface area contributed by atoms with Crippen LogP contribution in [-0.4, -0.2) is 37.2 Å². The van der Waals surface area contributed by atoms with E-state index in [0.29, 0.717) is 19.3 Å². The predicted octanol–water partition coefficient (Wildman–Crippen LogP) is 14.7. The van der Waals surface area contributed by atoms with Gasteiger partial charge in [-0.25, -0.2) is 0 Å². The summed E-state index contributed by atoms with van der Waals surface area (Å²) < 4.78 is 16.6. The average molecular weight is 751 g/mol. The zero-order chi connectivity index (χ0) is 38.9. The zero-order valence-corrected chi connectivity index (χ0v) is 36.0. The molecule has 53 heavy (non-hydrogen) atoms. The van der Waals surface area contributed by atoms with E-state index in [1.807, 2.05) is 0 Å². The van der Waals surface area contributed by atoms with Crippen LogP contribution in [0.25, 0.3) is 0 Å². The third kappa shape index (κ3) is 39.9. The lowest BCUT2D eigenvalue weighted by atomic mass is 9.99. The molecule has 0 aromatic heterocycles. The molecule has 0 aliphatic carbocycles. The minimum Gasteiger partial charge on any atom is -0.462 e. The Hall–Kier alpha value is -1.59. The van der Waals surface area contributed by atoms with Crippen LogP contribution in [0, 0.1) is 5.92 Å². The molecule has 0 heterocycles. The first-order valence-corrected chi connectivity index (χ1v) is 23.4. The van der Waals surface area contributed by atoms with Crippen LogP contribution in [0.1, 0.15) is 259 Å². The normalized spacial score (nSPS) is 12.5. The molecule has 0 aliphatic rings. The number of hydrogen-bond acceptors (Lipinski definition) is 6. The summed E-state index contributed by atoms with van der Waals surface area (Å²) in [7, 11) is 0. The summed E-state index contributed by atoms with van der Waals surface area (Å²) >= 11 is 0. The van der Waals surface area contributed by atoms with E-state index in [0.717, 1.165) is 70.1 Å². The lowest BCUT2D eigenvalue weighted by molar-refractivity contribution is -0.167. The van der Waals surface area contributed by atoms with E-state index >= 15 is 0 Å². The first-order chi connectivity index (χ1) is 25.9. The molecule has 0 N–H and O–H groups in total. The number of carbonyl (C=O) groups is 3. The van der Waals surface area contributed by atoms with Crippen molar-refractivity contribution in [3.63, 3.8) is 0 Å². The van der Waals surface area contributed by atoms with Gasteiger partial charge in [-0.3, -0.25) is 14.4 Å². The Morgan fingerprint density at radius 3 is 0.981 bits per heavy atom. The van der Waals surface area contributed by atoms with Crippen molar-refractivity contribution in [2.24, 2.45) is 5.92 Å². The molecule has 0 aromatic carbocycles. The van der Waals surface area contributed by atoms with Crippen LogP contribution in [0.2, 0.25) is 0 Å². The summed E-state index contributed by atoms with van der Waals surface area (Å²) in [6.07, 6.45) is 41.2. The number of unbranched alkanes of at least 4 members (excludes halogenated alkanes) is 28. The smallest absolute Gasteiger partial charge is 0.306 e. The molecular formula is C47H90O6. The van der Waals surface area contributed by atoms with Gasteiger partial charge >= 0.3 is 17.9 Å². The van der Waals surface area contributed by atoms with Crippen molar-refractivity contribution in [2.45, 2.75) is 265 Å². The van der Waals surface area contributed by atoms with E-state index in [-0.39, 0.29) is 31.1 Å². The van der Waals surface area contributed by atoms with E-state index in [1.165, 1.54) is 148 Å². The minimum atomic E-state index is -0.758. The van der Waals surface area contributed by atoms with Crippen molar-refractivity contribution in [3.8, 4) is 0 Å². The van der Waals surface area contributed by atoms with Crippen LogP contribution in [0.3, 0.4) is 0 Å². The molecule has 0 spiro atoms. The van der Waals surface area contributed by atoms with Gasteiger partial charge in [0.05, 0.1) is 0 Å². The minimum absolute atomic E-state index is 0.0654. The summed E-state index contributed by atoms with van der Waals surface area (Å²) in [5.74, 6) is -0.0210. The number of carbonyl (C=O) groups excluding carboxylic acids is 3. The fourth-order valence-electron chi connectivity index (χ4n) is 6.95. The average Bonchev–Trinajstić information content (AvgIpc) is 3.15. The van der Waals surface area contributed by atoms with Gasteiger partial charge in [0, 0.05) is 19.3 Å². The van der Waals surface area contributed by atoms with Gasteiger partial charge < -0.3 is 14.2 Å². The van der Waals surface area contributed by atoms with Crippen molar-refractivity contribution in [1.82, 2.24) is 0 Å². The second-order valence-corrected chi connectivity index (χ2v) is 16.3. The van der Waals surface area contributed by atoms with Gasteiger partial charge in [-0.1, -0.05) is 220 Å². The first-order valence-electron chi connectivity index (χ1n) is 23.4. The summed E-state index contributed by atoms with van der Waals surface area (Å²) in [6.45, 7) is 8.93. The lowest BCUT2D eigenvalue weighted by Gasteiger charge is -2.18. The van der Waals surface area contributed by atoms with E-state index in [9.17, 15) is 14.4 Å². The number of hydrogen-bond donors (Lipinski definition) is 0. The monoisotopic (exact) mass is 751 g/mol. The third-order valence-corrected chi connectivity index (χ3v) is 10.9. The second-order valence-electron chi connectivity index (χ2n) is 16.3. The molecule has 0 rings (SSSR count). The van der Waals surface area contributed by atoms with Gasteiger partial charge in [-0.2, -0.15) is 0 Å². The van der Waals surface area contributed by atoms with Crippen LogP contribution in [-0.2, 0) is 28.6 Å². The molecule has 0 bridgehead atoms. The lowest BCUT2D eigenvalue weighted by Crippen LogP contribution is -2.30. The Bertz CT molecular complexity index is 798. The van der Waals surface area contributed by atoms with Gasteiger partial charge in [-0.05, 0) is 25.2 Å². The standard InChI is InChI=1S/C47H90O6/c1-5-8-10-12-13-14-15-16-17-18-19-20-21-22-23-27-31-34-38-45(48)51-41-44(53-47(50)40-36-29-11-9-6-2)42-52-46(49)39-35-32-28-25-24-26-30-33-37-43(4)7-3/h43-44H,5-42H2,1-4H3/t43?,44-/m0/s1. The van der Waals surface area contributed by atoms with Crippen molar-refractivity contribution in [3.05, 3.63) is 0 Å². The molecule has 314 valence electrons. The number of ether oxygens (including phenoxy) is 3. The fraction of sp³-hybridized carbons (Fsp3) is 0.936. The van der Waals surface area contributed by atoms with E-state index < -0.39 is 6.10 Å². The molecule has 0 aliphatic heterocycles. The molecule has 0 saturated carbocycles. The molecule has 2 atom stereocenters. The Morgan fingerprint density at radius 1 is 0.377 bits per heavy atom. The van der Waals surface area contributed by atoms with Gasteiger partial charge in [0.15, 0.2) is 6.10 Å². The maximum absolute atomic E-state index is 12.5. The third-order valence-electron chi connectivity index (χ3n) is 10.9. The molecule has 1 unspecified atom stereocenters. The maximum Gasteiger partial charge on any atom is 0.306 e. The Morgan fingerprint density at radius 2 is 0.660 bits per heavy atom. The molecular weight excluding hydrogens is 661 g/mol. The highest BCUT2D eigenvalue weighted by Crippen LogP contribution is 2.17. The van der Waals surface area contributed by atoms with Crippen molar-refractivity contribution < 1.29 is 28.6 Å². The summed E-state index contributed by atoms with van der Waals surface area (Å²) in [4.78, 5) is 37.5. The molecule has 0 fully saturated rings. The summed E-state index contributed by atoms with van der Waals surface area (Å²) in [5.41, 5.74) is 0. The van der Waals surface area contributed by atoms with Crippen molar-refractivity contribution >= 4 is 17.9 Å². The van der Waals surface area contributed by atoms with Gasteiger partial charge in [0.1, 0.15) is 13.2 Å². The Balaban J connectivity index is 4.09. The summed E-state index contributed by atoms with van der Waals surface area (Å²) in [5, 5.41) is 0. The largest absolute Gasteiger partial charge is 0.462 e. The quantitative estimate of drug-likeness (QED) is 0.0351. The van der Waals surface area contributed by atoms with Crippen LogP contribution >= 0.6 is 0 Å². The molecule has 6 nitrogen and oxygen atoms in total. The zero-order valence-electron chi connectivity index (χ0n) is 36.0. The maximum atomic E-state index is 12.5. The van der Waals surface area contributed by atoms with Crippen molar-refractivity contribution in [1.29, 1.82) is 0 Å². The molecule has 0 radical (unpaired) electrons. The van der Waals surface area contributed by atoms with E-state index in [2.05, 4.69) is 27.7 Å². The van der Waals surface area contributed by atoms with E-state index in [1.54, 1.807) is 0 Å². The van der Waals surface area contributed by atoms with Crippen LogP contribution in [0.15, 0.2) is 0 Å². The topological polar surface area (TPSA) is 78.9 Å². The predicted molar refractivity (Wildman–Crippen MR) is 224 cm³/mol. The van der Waals surface area contributed by atoms with Crippen LogP contribution in [0.4, 0.5) is 0 Å². The fourth-order valence-corrected chi connectivity index (χ4v) is 6.95. The van der Waals surface area contributed by atoms with Gasteiger partial charge in [-0.15, -0.1) is 0 Å². The van der Waals surface area contributed by atoms with Crippen LogP contribution in [0.5, 0.6) is 0 Å². The number of esters is 3. The highest BCUT2D eigenvalue weighted by Gasteiger charge is 2.19. The summed E-state index contributed by atoms with van der Waals surface area (Å²) in [6, 6.07) is 0. The first kappa shape index (κ1) is 51.4. The highest BCUT2D eigenvalue weighted by atomic mass is 16.6. The van der Waals surface area contributed by atoms with Crippen molar-refractivity contribution in [2.75, 3.05) is 13.2 Å². The molecule has 0 amide bonds. The molecule has 0 aromatic rings. The van der Waals surface area contributed by atoms with Crippen LogP contribution < -0.4 is 0 Å². The van der Waals surface area contributed by atoms with Gasteiger partial charge in [0.2, 0.25) is 0 Å². The molecule has 0 saturated heterocycles. The van der Waals surface area contributed by atoms with E-state index in [4.69, 9.17) is 14.2 Å². The second kappa shape index (κ2) is 41.6.